The monoisotopic (exact) mass is 396 g/mol. The molecule has 29 heavy (non-hydrogen) atoms. The lowest BCUT2D eigenvalue weighted by molar-refractivity contribution is -0.384. The first-order valence-corrected chi connectivity index (χ1v) is 9.32. The molecule has 3 rings (SSSR count). The van der Waals surface area contributed by atoms with Crippen LogP contribution in [0.15, 0.2) is 54.7 Å². The summed E-state index contributed by atoms with van der Waals surface area (Å²) in [4.78, 5) is 10.4. The van der Waals surface area contributed by atoms with Crippen LogP contribution in [0.4, 0.5) is 5.69 Å². The highest BCUT2D eigenvalue weighted by Crippen LogP contribution is 2.24. The first-order valence-electron chi connectivity index (χ1n) is 9.32. The van der Waals surface area contributed by atoms with Crippen LogP contribution in [-0.2, 0) is 13.6 Å². The van der Waals surface area contributed by atoms with Crippen molar-refractivity contribution >= 4 is 5.69 Å². The zero-order valence-electron chi connectivity index (χ0n) is 16.5. The summed E-state index contributed by atoms with van der Waals surface area (Å²) in [6.45, 7) is 2.06. The largest absolute Gasteiger partial charge is 0.497 e. The number of hydrogen-bond acceptors (Lipinski definition) is 6. The second-order valence-electron chi connectivity index (χ2n) is 6.53. The van der Waals surface area contributed by atoms with E-state index in [4.69, 9.17) is 9.47 Å². The predicted molar refractivity (Wildman–Crippen MR) is 110 cm³/mol. The topological polar surface area (TPSA) is 91.5 Å². The summed E-state index contributed by atoms with van der Waals surface area (Å²) in [5, 5.41) is 18.7. The number of benzene rings is 2. The molecule has 0 saturated carbocycles. The number of hydrogen-bond donors (Lipinski definition) is 1. The minimum Gasteiger partial charge on any atom is -0.497 e. The van der Waals surface area contributed by atoms with Crippen molar-refractivity contribution in [1.82, 2.24) is 15.1 Å². The quantitative estimate of drug-likeness (QED) is 0.320. The molecule has 0 aliphatic carbocycles. The average molecular weight is 396 g/mol. The lowest BCUT2D eigenvalue weighted by Crippen LogP contribution is -2.17. The second kappa shape index (κ2) is 9.70. The fourth-order valence-electron chi connectivity index (χ4n) is 2.93. The molecule has 0 radical (unpaired) electrons. The summed E-state index contributed by atoms with van der Waals surface area (Å²) >= 11 is 0. The maximum Gasteiger partial charge on any atom is 0.269 e. The van der Waals surface area contributed by atoms with Crippen molar-refractivity contribution in [1.29, 1.82) is 0 Å². The van der Waals surface area contributed by atoms with E-state index in [2.05, 4.69) is 10.4 Å². The van der Waals surface area contributed by atoms with E-state index in [0.717, 1.165) is 41.3 Å². The van der Waals surface area contributed by atoms with E-state index in [0.29, 0.717) is 13.2 Å². The van der Waals surface area contributed by atoms with Crippen molar-refractivity contribution in [2.45, 2.75) is 13.0 Å². The Morgan fingerprint density at radius 2 is 1.79 bits per heavy atom. The molecule has 0 unspecified atom stereocenters. The molecule has 1 heterocycles. The maximum absolute atomic E-state index is 10.8. The smallest absolute Gasteiger partial charge is 0.269 e. The number of aromatic nitrogens is 2. The molecule has 1 aromatic heterocycles. The number of nitrogens with zero attached hydrogens (tertiary/aromatic N) is 3. The number of nitro groups is 1. The Bertz CT molecular complexity index is 936. The Kier molecular flexibility index (Phi) is 6.80. The van der Waals surface area contributed by atoms with E-state index < -0.39 is 4.92 Å². The minimum atomic E-state index is -0.404. The molecule has 3 aromatic rings. The van der Waals surface area contributed by atoms with Crippen LogP contribution < -0.4 is 14.8 Å². The van der Waals surface area contributed by atoms with Gasteiger partial charge in [-0.15, -0.1) is 0 Å². The number of rotatable bonds is 10. The number of nitro benzene ring substituents is 1. The first-order chi connectivity index (χ1) is 14.1. The Morgan fingerprint density at radius 3 is 2.45 bits per heavy atom. The molecule has 0 amide bonds. The number of ether oxygens (including phenoxy) is 2. The number of non-ortho nitro benzene ring substituents is 1. The molecule has 8 nitrogen and oxygen atoms in total. The zero-order valence-corrected chi connectivity index (χ0v) is 16.5. The Balaban J connectivity index is 1.47. The lowest BCUT2D eigenvalue weighted by atomic mass is 10.1. The van der Waals surface area contributed by atoms with E-state index in [1.165, 1.54) is 12.1 Å². The SMILES string of the molecule is COc1ccc(OCCCNCc2cn(C)nc2-c2ccc([N+](=O)[O-])cc2)cc1. The van der Waals surface area contributed by atoms with Gasteiger partial charge in [0.1, 0.15) is 11.5 Å². The van der Waals surface area contributed by atoms with Crippen LogP contribution in [0.25, 0.3) is 11.3 Å². The molecule has 2 aromatic carbocycles. The van der Waals surface area contributed by atoms with E-state index in [9.17, 15) is 10.1 Å². The third-order valence-electron chi connectivity index (χ3n) is 4.40. The number of aryl methyl sites for hydroxylation is 1. The molecule has 8 heteroatoms. The van der Waals surface area contributed by atoms with Gasteiger partial charge < -0.3 is 14.8 Å². The third kappa shape index (κ3) is 5.55. The Hall–Kier alpha value is -3.39. The van der Waals surface area contributed by atoms with Crippen LogP contribution in [0.3, 0.4) is 0 Å². The highest BCUT2D eigenvalue weighted by Gasteiger charge is 2.12. The fraction of sp³-hybridized carbons (Fsp3) is 0.286. The van der Waals surface area contributed by atoms with Crippen LogP contribution in [0, 0.1) is 10.1 Å². The molecule has 1 N–H and O–H groups in total. The van der Waals surface area contributed by atoms with Gasteiger partial charge in [0.15, 0.2) is 0 Å². The van der Waals surface area contributed by atoms with Crippen molar-refractivity contribution in [2.24, 2.45) is 7.05 Å². The van der Waals surface area contributed by atoms with E-state index in [1.54, 1.807) is 23.9 Å². The highest BCUT2D eigenvalue weighted by atomic mass is 16.6. The van der Waals surface area contributed by atoms with Crippen molar-refractivity contribution in [2.75, 3.05) is 20.3 Å². The predicted octanol–water partition coefficient (Wildman–Crippen LogP) is 3.56. The second-order valence-corrected chi connectivity index (χ2v) is 6.53. The minimum absolute atomic E-state index is 0.0706. The van der Waals surface area contributed by atoms with Crippen molar-refractivity contribution in [3.05, 3.63) is 70.4 Å². The standard InChI is InChI=1S/C21H24N4O4/c1-24-15-17(21(23-24)16-4-6-18(7-5-16)25(26)27)14-22-12-3-13-29-20-10-8-19(28-2)9-11-20/h4-11,15,22H,3,12-14H2,1-2H3. The molecule has 0 bridgehead atoms. The molecular weight excluding hydrogens is 372 g/mol. The van der Waals surface area contributed by atoms with E-state index in [1.807, 2.05) is 37.5 Å². The van der Waals surface area contributed by atoms with Crippen LogP contribution >= 0.6 is 0 Å². The first kappa shape index (κ1) is 20.3. The van der Waals surface area contributed by atoms with Gasteiger partial charge in [-0.05, 0) is 49.4 Å². The van der Waals surface area contributed by atoms with Gasteiger partial charge >= 0.3 is 0 Å². The molecule has 0 atom stereocenters. The van der Waals surface area contributed by atoms with Crippen molar-refractivity contribution < 1.29 is 14.4 Å². The van der Waals surface area contributed by atoms with Gasteiger partial charge in [-0.2, -0.15) is 5.10 Å². The van der Waals surface area contributed by atoms with Gasteiger partial charge in [0.2, 0.25) is 0 Å². The van der Waals surface area contributed by atoms with Crippen molar-refractivity contribution in [3.63, 3.8) is 0 Å². The summed E-state index contributed by atoms with van der Waals surface area (Å²) in [7, 11) is 3.50. The molecular formula is C21H24N4O4. The number of nitrogens with one attached hydrogen (secondary N) is 1. The Labute approximate surface area is 169 Å². The molecule has 0 aliphatic rings. The molecule has 152 valence electrons. The van der Waals surface area contributed by atoms with Gasteiger partial charge in [-0.25, -0.2) is 0 Å². The highest BCUT2D eigenvalue weighted by molar-refractivity contribution is 5.64. The van der Waals surface area contributed by atoms with Gasteiger partial charge in [0, 0.05) is 43.0 Å². The summed E-state index contributed by atoms with van der Waals surface area (Å²) < 4.78 is 12.6. The van der Waals surface area contributed by atoms with Crippen LogP contribution in [0.2, 0.25) is 0 Å². The Morgan fingerprint density at radius 1 is 1.10 bits per heavy atom. The van der Waals surface area contributed by atoms with Gasteiger partial charge in [-0.3, -0.25) is 14.8 Å². The van der Waals surface area contributed by atoms with Gasteiger partial charge in [-0.1, -0.05) is 0 Å². The van der Waals surface area contributed by atoms with Crippen molar-refractivity contribution in [3.8, 4) is 22.8 Å². The van der Waals surface area contributed by atoms with Gasteiger partial charge in [0.25, 0.3) is 5.69 Å². The summed E-state index contributed by atoms with van der Waals surface area (Å²) in [6.07, 6.45) is 2.82. The van der Waals surface area contributed by atoms with Gasteiger partial charge in [0.05, 0.1) is 24.3 Å². The zero-order chi connectivity index (χ0) is 20.6. The normalized spacial score (nSPS) is 10.7. The van der Waals surface area contributed by atoms with Crippen LogP contribution in [0.1, 0.15) is 12.0 Å². The summed E-state index contributed by atoms with van der Waals surface area (Å²) in [5.41, 5.74) is 2.79. The molecule has 0 saturated heterocycles. The lowest BCUT2D eigenvalue weighted by Gasteiger charge is -2.08. The third-order valence-corrected chi connectivity index (χ3v) is 4.40. The summed E-state index contributed by atoms with van der Waals surface area (Å²) in [6, 6.07) is 14.0. The maximum atomic E-state index is 10.8. The fourth-order valence-corrected chi connectivity index (χ4v) is 2.93. The van der Waals surface area contributed by atoms with E-state index in [-0.39, 0.29) is 5.69 Å². The number of methoxy groups -OCH3 is 1. The summed E-state index contributed by atoms with van der Waals surface area (Å²) in [5.74, 6) is 1.62. The molecule has 0 fully saturated rings. The van der Waals surface area contributed by atoms with Crippen LogP contribution in [0.5, 0.6) is 11.5 Å². The molecule has 0 spiro atoms. The van der Waals surface area contributed by atoms with E-state index >= 15 is 0 Å². The average Bonchev–Trinajstić information content (AvgIpc) is 3.11. The molecule has 0 aliphatic heterocycles. The van der Waals surface area contributed by atoms with Crippen LogP contribution in [-0.4, -0.2) is 35.0 Å².